The van der Waals surface area contributed by atoms with Gasteiger partial charge in [-0.15, -0.1) is 10.2 Å². The van der Waals surface area contributed by atoms with E-state index in [0.717, 1.165) is 14.8 Å². The van der Waals surface area contributed by atoms with Gasteiger partial charge >= 0.3 is 0 Å². The van der Waals surface area contributed by atoms with E-state index in [-0.39, 0.29) is 17.6 Å². The van der Waals surface area contributed by atoms with Crippen molar-refractivity contribution in [2.75, 3.05) is 36.6 Å². The number of ether oxygens (including phenoxy) is 2. The lowest BCUT2D eigenvalue weighted by Gasteiger charge is -2.07. The zero-order valence-corrected chi connectivity index (χ0v) is 19.7. The summed E-state index contributed by atoms with van der Waals surface area (Å²) in [4.78, 5) is 12.1. The number of thioether (sulfide) groups is 1. The molecule has 0 saturated heterocycles. The van der Waals surface area contributed by atoms with E-state index in [9.17, 15) is 4.79 Å². The number of halogens is 1. The van der Waals surface area contributed by atoms with E-state index in [4.69, 9.17) is 15.3 Å². The van der Waals surface area contributed by atoms with E-state index < -0.39 is 0 Å². The van der Waals surface area contributed by atoms with Gasteiger partial charge in [0.2, 0.25) is 11.1 Å². The molecular formula is C19H20IN7O3S. The van der Waals surface area contributed by atoms with Crippen LogP contribution >= 0.6 is 34.4 Å². The van der Waals surface area contributed by atoms with Crippen molar-refractivity contribution in [3.8, 4) is 11.5 Å². The zero-order valence-electron chi connectivity index (χ0n) is 16.7. The highest BCUT2D eigenvalue weighted by molar-refractivity contribution is 14.1. The number of aromatic nitrogens is 3. The number of hydrogen-bond donors (Lipinski definition) is 3. The Morgan fingerprint density at radius 2 is 1.94 bits per heavy atom. The molecule has 0 bridgehead atoms. The van der Waals surface area contributed by atoms with Gasteiger partial charge in [-0.25, -0.2) is 10.1 Å². The van der Waals surface area contributed by atoms with Gasteiger partial charge in [0.1, 0.15) is 0 Å². The van der Waals surface area contributed by atoms with Crippen LogP contribution in [0.2, 0.25) is 0 Å². The second-order valence-electron chi connectivity index (χ2n) is 6.00. The lowest BCUT2D eigenvalue weighted by molar-refractivity contribution is -0.113. The molecule has 0 aliphatic carbocycles. The van der Waals surface area contributed by atoms with Gasteiger partial charge in [-0.1, -0.05) is 11.8 Å². The van der Waals surface area contributed by atoms with Crippen molar-refractivity contribution in [1.29, 1.82) is 0 Å². The molecule has 1 amide bonds. The van der Waals surface area contributed by atoms with E-state index in [1.807, 2.05) is 30.3 Å². The van der Waals surface area contributed by atoms with Crippen molar-refractivity contribution >= 4 is 58.1 Å². The fourth-order valence-electron chi connectivity index (χ4n) is 2.41. The predicted octanol–water partition coefficient (Wildman–Crippen LogP) is 2.79. The van der Waals surface area contributed by atoms with Crippen molar-refractivity contribution in [3.63, 3.8) is 0 Å². The van der Waals surface area contributed by atoms with Crippen LogP contribution in [0.1, 0.15) is 5.56 Å². The molecule has 1 heterocycles. The smallest absolute Gasteiger partial charge is 0.264 e. The number of hydrogen-bond acceptors (Lipinski definition) is 9. The molecule has 0 aliphatic heterocycles. The van der Waals surface area contributed by atoms with Crippen molar-refractivity contribution in [2.45, 2.75) is 5.16 Å². The third-order valence-corrected chi connectivity index (χ3v) is 5.57. The molecule has 12 heteroatoms. The molecule has 4 N–H and O–H groups in total. The first-order chi connectivity index (χ1) is 15.0. The largest absolute Gasteiger partial charge is 0.493 e. The number of benzene rings is 2. The first-order valence-electron chi connectivity index (χ1n) is 8.90. The summed E-state index contributed by atoms with van der Waals surface area (Å²) in [5.41, 5.74) is 4.24. The van der Waals surface area contributed by atoms with E-state index in [1.54, 1.807) is 32.6 Å². The minimum Gasteiger partial charge on any atom is -0.493 e. The second kappa shape index (κ2) is 10.9. The first-order valence-corrected chi connectivity index (χ1v) is 11.0. The summed E-state index contributed by atoms with van der Waals surface area (Å²) in [6.07, 6.45) is 1.58. The number of nitrogens with one attached hydrogen (secondary N) is 2. The highest BCUT2D eigenvalue weighted by Gasteiger charge is 2.12. The molecule has 0 radical (unpaired) electrons. The molecule has 0 aliphatic rings. The third-order valence-electron chi connectivity index (χ3n) is 3.91. The van der Waals surface area contributed by atoms with Crippen LogP contribution in [0.15, 0.2) is 52.7 Å². The monoisotopic (exact) mass is 553 g/mol. The van der Waals surface area contributed by atoms with Gasteiger partial charge in [0, 0.05) is 9.26 Å². The number of rotatable bonds is 9. The molecule has 0 unspecified atom stereocenters. The molecule has 3 rings (SSSR count). The number of methoxy groups -OCH3 is 2. The zero-order chi connectivity index (χ0) is 22.2. The Balaban J connectivity index is 1.54. The van der Waals surface area contributed by atoms with Gasteiger partial charge in [0.25, 0.3) is 5.95 Å². The summed E-state index contributed by atoms with van der Waals surface area (Å²) >= 11 is 3.37. The molecule has 31 heavy (non-hydrogen) atoms. The number of amides is 1. The highest BCUT2D eigenvalue weighted by Crippen LogP contribution is 2.27. The summed E-state index contributed by atoms with van der Waals surface area (Å²) in [7, 11) is 3.14. The van der Waals surface area contributed by atoms with Crippen LogP contribution in [0.4, 0.5) is 11.6 Å². The fraction of sp³-hybridized carbons (Fsp3) is 0.158. The predicted molar refractivity (Wildman–Crippen MR) is 129 cm³/mol. The van der Waals surface area contributed by atoms with Crippen LogP contribution in [0.5, 0.6) is 11.5 Å². The van der Waals surface area contributed by atoms with Gasteiger partial charge in [-0.05, 0) is 70.6 Å². The number of anilines is 2. The van der Waals surface area contributed by atoms with Gasteiger partial charge < -0.3 is 20.6 Å². The molecule has 0 fully saturated rings. The minimum atomic E-state index is -0.171. The molecule has 0 saturated carbocycles. The fourth-order valence-corrected chi connectivity index (χ4v) is 3.43. The second-order valence-corrected chi connectivity index (χ2v) is 8.19. The third kappa shape index (κ3) is 6.24. The van der Waals surface area contributed by atoms with Crippen LogP contribution in [0.25, 0.3) is 0 Å². The number of carbonyl (C=O) groups excluding carboxylic acids is 1. The van der Waals surface area contributed by atoms with E-state index >= 15 is 0 Å². The van der Waals surface area contributed by atoms with Crippen LogP contribution in [-0.4, -0.2) is 47.0 Å². The van der Waals surface area contributed by atoms with Crippen LogP contribution < -0.4 is 26.1 Å². The Kier molecular flexibility index (Phi) is 7.94. The Labute approximate surface area is 196 Å². The molecular weight excluding hydrogens is 533 g/mol. The van der Waals surface area contributed by atoms with Crippen molar-refractivity contribution in [2.24, 2.45) is 5.10 Å². The molecule has 2 aromatic carbocycles. The number of nitrogens with two attached hydrogens (primary N) is 1. The lowest BCUT2D eigenvalue weighted by atomic mass is 10.2. The van der Waals surface area contributed by atoms with Gasteiger partial charge in [0.05, 0.1) is 26.2 Å². The number of hydrazone groups is 1. The summed E-state index contributed by atoms with van der Waals surface area (Å²) < 4.78 is 12.8. The lowest BCUT2D eigenvalue weighted by Crippen LogP contribution is -2.16. The number of nitrogen functional groups attached to an aromatic ring is 1. The maximum absolute atomic E-state index is 12.1. The van der Waals surface area contributed by atoms with E-state index in [2.05, 4.69) is 48.6 Å². The van der Waals surface area contributed by atoms with E-state index in [1.165, 1.54) is 16.4 Å². The average Bonchev–Trinajstić information content (AvgIpc) is 3.13. The normalized spacial score (nSPS) is 10.8. The van der Waals surface area contributed by atoms with Crippen molar-refractivity contribution < 1.29 is 14.3 Å². The van der Waals surface area contributed by atoms with Crippen molar-refractivity contribution in [3.05, 3.63) is 51.6 Å². The summed E-state index contributed by atoms with van der Waals surface area (Å²) in [6.45, 7) is 0. The SMILES string of the molecule is COc1ccc(/C=N/Nc2nnc(SCC(=O)Nc3ccc(I)cc3)n2N)cc1OC. The molecule has 10 nitrogen and oxygen atoms in total. The molecule has 3 aromatic rings. The number of carbonyl (C=O) groups is 1. The molecule has 1 aromatic heterocycles. The Hall–Kier alpha value is -3.00. The maximum Gasteiger partial charge on any atom is 0.264 e. The Morgan fingerprint density at radius 3 is 2.65 bits per heavy atom. The molecule has 0 spiro atoms. The number of nitrogens with zero attached hydrogens (tertiary/aromatic N) is 4. The minimum absolute atomic E-state index is 0.135. The van der Waals surface area contributed by atoms with Gasteiger partial charge in [-0.2, -0.15) is 5.10 Å². The summed E-state index contributed by atoms with van der Waals surface area (Å²) in [5, 5.41) is 15.2. The Bertz CT molecular complexity index is 1070. The average molecular weight is 553 g/mol. The topological polar surface area (TPSA) is 129 Å². The van der Waals surface area contributed by atoms with Gasteiger partial charge in [-0.3, -0.25) is 4.79 Å². The maximum atomic E-state index is 12.1. The van der Waals surface area contributed by atoms with E-state index in [0.29, 0.717) is 16.7 Å². The van der Waals surface area contributed by atoms with Crippen LogP contribution in [0, 0.1) is 3.57 Å². The summed E-state index contributed by atoms with van der Waals surface area (Å²) in [5.74, 6) is 7.40. The molecule has 162 valence electrons. The standard InChI is InChI=1S/C19H20IN7O3S/c1-29-15-8-3-12(9-16(15)30-2)10-22-24-18-25-26-19(27(18)21)31-11-17(28)23-14-6-4-13(20)5-7-14/h3-10H,11,21H2,1-2H3,(H,23,28)(H,24,25)/b22-10+. The van der Waals surface area contributed by atoms with Crippen LogP contribution in [-0.2, 0) is 4.79 Å². The highest BCUT2D eigenvalue weighted by atomic mass is 127. The molecule has 0 atom stereocenters. The quantitative estimate of drug-likeness (QED) is 0.121. The Morgan fingerprint density at radius 1 is 1.19 bits per heavy atom. The first kappa shape index (κ1) is 22.7. The summed E-state index contributed by atoms with van der Waals surface area (Å²) in [6, 6.07) is 12.9. The van der Waals surface area contributed by atoms with Crippen molar-refractivity contribution in [1.82, 2.24) is 14.9 Å². The van der Waals surface area contributed by atoms with Crippen LogP contribution in [0.3, 0.4) is 0 Å². The van der Waals surface area contributed by atoms with Gasteiger partial charge in [0.15, 0.2) is 11.5 Å².